The van der Waals surface area contributed by atoms with E-state index >= 15 is 0 Å². The number of hydrogen-bond donors (Lipinski definition) is 2. The van der Waals surface area contributed by atoms with E-state index in [-0.39, 0.29) is 0 Å². The first-order valence-corrected chi connectivity index (χ1v) is 12.0. The van der Waals surface area contributed by atoms with E-state index in [4.69, 9.17) is 19.6 Å². The number of aromatic nitrogens is 3. The van der Waals surface area contributed by atoms with Crippen molar-refractivity contribution in [1.29, 1.82) is 0 Å². The topological polar surface area (TPSA) is 95.8 Å². The molecule has 0 fully saturated rings. The molecular weight excluding hydrogens is 438 g/mol. The highest BCUT2D eigenvalue weighted by atomic mass is 32.2. The Morgan fingerprint density at radius 2 is 1.73 bits per heavy atom. The van der Waals surface area contributed by atoms with Crippen LogP contribution in [0.3, 0.4) is 0 Å². The Labute approximate surface area is 196 Å². The predicted molar refractivity (Wildman–Crippen MR) is 132 cm³/mol. The van der Waals surface area contributed by atoms with Crippen LogP contribution in [-0.4, -0.2) is 39.6 Å². The summed E-state index contributed by atoms with van der Waals surface area (Å²) >= 11 is -1.09. The number of methoxy groups -OCH3 is 2. The molecule has 0 bridgehead atoms. The average Bonchev–Trinajstić information content (AvgIpc) is 3.13. The van der Waals surface area contributed by atoms with Crippen molar-refractivity contribution in [3.05, 3.63) is 65.5 Å². The van der Waals surface area contributed by atoms with Crippen molar-refractivity contribution in [1.82, 2.24) is 14.6 Å². The molecule has 33 heavy (non-hydrogen) atoms. The number of nitrogens with one attached hydrogen (secondary N) is 2. The lowest BCUT2D eigenvalue weighted by Crippen LogP contribution is -2.10. The van der Waals surface area contributed by atoms with Gasteiger partial charge in [-0.3, -0.25) is 0 Å². The molecule has 2 aromatic heterocycles. The Bertz CT molecular complexity index is 1270. The fraction of sp³-hybridized carbons (Fsp3) is 0.250. The Kier molecular flexibility index (Phi) is 6.62. The number of aryl methyl sites for hydroxylation is 2. The van der Waals surface area contributed by atoms with Crippen molar-refractivity contribution < 1.29 is 14.0 Å². The van der Waals surface area contributed by atoms with Crippen molar-refractivity contribution in [2.45, 2.75) is 20.4 Å². The molecule has 0 aliphatic carbocycles. The molecule has 0 saturated heterocycles. The Morgan fingerprint density at radius 1 is 1.00 bits per heavy atom. The maximum Gasteiger partial charge on any atom is 0.165 e. The molecule has 0 saturated carbocycles. The molecule has 0 aliphatic heterocycles. The Hall–Kier alpha value is -3.43. The van der Waals surface area contributed by atoms with Crippen molar-refractivity contribution >= 4 is 28.5 Å². The van der Waals surface area contributed by atoms with Crippen LogP contribution in [0, 0.1) is 13.8 Å². The smallest absolute Gasteiger partial charge is 0.165 e. The van der Waals surface area contributed by atoms with Gasteiger partial charge in [0, 0.05) is 23.9 Å². The zero-order valence-electron chi connectivity index (χ0n) is 19.3. The van der Waals surface area contributed by atoms with Crippen LogP contribution in [0.1, 0.15) is 17.0 Å². The zero-order valence-corrected chi connectivity index (χ0v) is 20.1. The minimum atomic E-state index is -1.09. The van der Waals surface area contributed by atoms with Gasteiger partial charge in [-0.05, 0) is 49.2 Å². The van der Waals surface area contributed by atoms with Gasteiger partial charge in [-0.15, -0.1) is 0 Å². The molecule has 1 unspecified atom stereocenters. The number of ether oxygens (including phenoxy) is 2. The summed E-state index contributed by atoms with van der Waals surface area (Å²) in [5, 5.41) is 8.24. The molecule has 4 rings (SSSR count). The van der Waals surface area contributed by atoms with Gasteiger partial charge in [0.15, 0.2) is 17.1 Å². The number of anilines is 2. The van der Waals surface area contributed by atoms with Crippen LogP contribution in [0.25, 0.3) is 16.8 Å². The fourth-order valence-corrected chi connectivity index (χ4v) is 4.22. The molecule has 9 heteroatoms. The van der Waals surface area contributed by atoms with Crippen molar-refractivity contribution in [2.75, 3.05) is 30.5 Å². The number of rotatable bonds is 8. The standard InChI is InChI=1S/C24H27N5O3S/c1-15-12-22(25-14-17-6-9-19(10-7-17)28-33(5)30)29-24(26-15)23(16(2)27-29)18-8-11-20(31-3)21(13-18)32-4/h6-13,25,28H,14H2,1-5H3. The van der Waals surface area contributed by atoms with E-state index in [2.05, 4.69) is 10.0 Å². The molecule has 0 spiro atoms. The van der Waals surface area contributed by atoms with Crippen molar-refractivity contribution in [3.8, 4) is 22.6 Å². The molecule has 172 valence electrons. The van der Waals surface area contributed by atoms with Gasteiger partial charge in [0.05, 0.1) is 37.0 Å². The van der Waals surface area contributed by atoms with Crippen molar-refractivity contribution in [3.63, 3.8) is 0 Å². The monoisotopic (exact) mass is 465 g/mol. The Morgan fingerprint density at radius 3 is 2.39 bits per heavy atom. The van der Waals surface area contributed by atoms with Gasteiger partial charge in [0.25, 0.3) is 0 Å². The lowest BCUT2D eigenvalue weighted by Gasteiger charge is -2.12. The van der Waals surface area contributed by atoms with E-state index in [0.29, 0.717) is 18.0 Å². The van der Waals surface area contributed by atoms with Gasteiger partial charge in [0.1, 0.15) is 12.1 Å². The Balaban J connectivity index is 1.66. The van der Waals surface area contributed by atoms with Crippen LogP contribution in [0.2, 0.25) is 0 Å². The van der Waals surface area contributed by atoms with Gasteiger partial charge in [-0.2, -0.15) is 9.61 Å². The summed E-state index contributed by atoms with van der Waals surface area (Å²) < 4.78 is 26.9. The summed E-state index contributed by atoms with van der Waals surface area (Å²) in [7, 11) is 3.25. The normalized spacial score (nSPS) is 11.9. The van der Waals surface area contributed by atoms with Crippen LogP contribution in [0.5, 0.6) is 11.5 Å². The third-order valence-electron chi connectivity index (χ3n) is 5.25. The summed E-state index contributed by atoms with van der Waals surface area (Å²) in [5.74, 6) is 2.18. The van der Waals surface area contributed by atoms with Crippen LogP contribution < -0.4 is 19.5 Å². The van der Waals surface area contributed by atoms with E-state index in [9.17, 15) is 4.55 Å². The third-order valence-corrected chi connectivity index (χ3v) is 5.78. The van der Waals surface area contributed by atoms with E-state index in [1.54, 1.807) is 20.5 Å². The molecule has 0 aliphatic rings. The van der Waals surface area contributed by atoms with Gasteiger partial charge < -0.3 is 19.3 Å². The second-order valence-corrected chi connectivity index (χ2v) is 8.77. The minimum absolute atomic E-state index is 0.610. The predicted octanol–water partition coefficient (Wildman–Crippen LogP) is 4.35. The summed E-state index contributed by atoms with van der Waals surface area (Å²) in [5.41, 5.74) is 6.35. The third kappa shape index (κ3) is 4.84. The van der Waals surface area contributed by atoms with Crippen LogP contribution >= 0.6 is 0 Å². The number of hydrogen-bond acceptors (Lipinski definition) is 7. The molecule has 1 atom stereocenters. The van der Waals surface area contributed by atoms with Gasteiger partial charge >= 0.3 is 0 Å². The lowest BCUT2D eigenvalue weighted by molar-refractivity contribution is 0.355. The van der Waals surface area contributed by atoms with Gasteiger partial charge in [-0.25, -0.2) is 9.71 Å². The quantitative estimate of drug-likeness (QED) is 0.374. The molecule has 8 nitrogen and oxygen atoms in total. The summed E-state index contributed by atoms with van der Waals surface area (Å²) in [4.78, 5) is 4.78. The van der Waals surface area contributed by atoms with Crippen LogP contribution in [0.4, 0.5) is 11.5 Å². The molecule has 0 radical (unpaired) electrons. The maximum absolute atomic E-state index is 11.3. The van der Waals surface area contributed by atoms with Crippen molar-refractivity contribution in [2.24, 2.45) is 0 Å². The number of benzene rings is 2. The highest BCUT2D eigenvalue weighted by molar-refractivity contribution is 7.92. The van der Waals surface area contributed by atoms with E-state index < -0.39 is 11.4 Å². The fourth-order valence-electron chi connectivity index (χ4n) is 3.75. The SMILES string of the molecule is COc1ccc(-c2c(C)nn3c(NCc4ccc(N[S+](C)[O-])cc4)cc(C)nc23)cc1OC. The van der Waals surface area contributed by atoms with E-state index in [1.165, 1.54) is 0 Å². The summed E-state index contributed by atoms with van der Waals surface area (Å²) in [6.45, 7) is 4.55. The highest BCUT2D eigenvalue weighted by Gasteiger charge is 2.18. The molecule has 0 amide bonds. The lowest BCUT2D eigenvalue weighted by atomic mass is 10.1. The molecule has 2 aromatic carbocycles. The first-order chi connectivity index (χ1) is 15.9. The van der Waals surface area contributed by atoms with Gasteiger partial charge in [0.2, 0.25) is 0 Å². The first kappa shape index (κ1) is 22.8. The van der Waals surface area contributed by atoms with E-state index in [0.717, 1.165) is 45.2 Å². The molecule has 2 heterocycles. The zero-order chi connectivity index (χ0) is 23.5. The van der Waals surface area contributed by atoms with Crippen LogP contribution in [0.15, 0.2) is 48.5 Å². The number of nitrogens with zero attached hydrogens (tertiary/aromatic N) is 3. The van der Waals surface area contributed by atoms with E-state index in [1.807, 2.05) is 66.9 Å². The number of fused-ring (bicyclic) bond motifs is 1. The highest BCUT2D eigenvalue weighted by Crippen LogP contribution is 2.35. The second-order valence-electron chi connectivity index (χ2n) is 7.66. The molecular formula is C24H27N5O3S. The first-order valence-electron chi connectivity index (χ1n) is 10.4. The summed E-state index contributed by atoms with van der Waals surface area (Å²) in [6.07, 6.45) is 1.61. The largest absolute Gasteiger partial charge is 0.593 e. The minimum Gasteiger partial charge on any atom is -0.593 e. The average molecular weight is 466 g/mol. The molecule has 2 N–H and O–H groups in total. The molecule has 4 aromatic rings. The second kappa shape index (κ2) is 9.60. The van der Waals surface area contributed by atoms with Crippen LogP contribution in [-0.2, 0) is 17.9 Å². The summed E-state index contributed by atoms with van der Waals surface area (Å²) in [6, 6.07) is 15.6. The van der Waals surface area contributed by atoms with Gasteiger partial charge in [-0.1, -0.05) is 18.2 Å². The maximum atomic E-state index is 11.3.